The minimum absolute atomic E-state index is 0.188. The fourth-order valence-corrected chi connectivity index (χ4v) is 2.11. The maximum absolute atomic E-state index is 13.3. The van der Waals surface area contributed by atoms with Crippen LogP contribution in [0.4, 0.5) is 4.39 Å². The number of thiophene rings is 1. The van der Waals surface area contributed by atoms with E-state index in [1.165, 1.54) is 17.4 Å². The highest BCUT2D eigenvalue weighted by atomic mass is 32.1. The summed E-state index contributed by atoms with van der Waals surface area (Å²) >= 11 is 1.21. The summed E-state index contributed by atoms with van der Waals surface area (Å²) in [5.74, 6) is -0.154. The highest BCUT2D eigenvalue weighted by Gasteiger charge is 2.08. The summed E-state index contributed by atoms with van der Waals surface area (Å²) in [6, 6.07) is 4.52. The number of fused-ring (bicyclic) bond motifs is 1. The molecule has 74 valence electrons. The minimum atomic E-state index is -0.392. The first kappa shape index (κ1) is 9.27. The minimum Gasteiger partial charge on any atom is -0.499 e. The van der Waals surface area contributed by atoms with Crippen molar-refractivity contribution in [2.75, 3.05) is 6.61 Å². The normalized spacial score (nSPS) is 10.7. The smallest absolute Gasteiger partial charge is 0.172 e. The molecule has 1 heterocycles. The van der Waals surface area contributed by atoms with Gasteiger partial charge in [-0.3, -0.25) is 0 Å². The Labute approximate surface area is 84.6 Å². The monoisotopic (exact) mass is 212 g/mol. The molecule has 0 saturated heterocycles. The third kappa shape index (κ3) is 1.53. The van der Waals surface area contributed by atoms with E-state index in [2.05, 4.69) is 0 Å². The Morgan fingerprint density at radius 1 is 1.43 bits per heavy atom. The van der Waals surface area contributed by atoms with Crippen molar-refractivity contribution in [2.24, 2.45) is 0 Å². The van der Waals surface area contributed by atoms with Gasteiger partial charge >= 0.3 is 0 Å². The van der Waals surface area contributed by atoms with Crippen LogP contribution in [0, 0.1) is 5.82 Å². The van der Waals surface area contributed by atoms with E-state index < -0.39 is 5.82 Å². The SMILES string of the molecule is CCOc1cc2sc(O)cc2cc1F. The zero-order chi connectivity index (χ0) is 10.1. The van der Waals surface area contributed by atoms with E-state index in [9.17, 15) is 9.50 Å². The van der Waals surface area contributed by atoms with Crippen molar-refractivity contribution in [3.05, 3.63) is 24.0 Å². The Kier molecular flexibility index (Phi) is 2.29. The van der Waals surface area contributed by atoms with Crippen LogP contribution in [0.2, 0.25) is 0 Å². The van der Waals surface area contributed by atoms with Crippen LogP contribution in [-0.2, 0) is 0 Å². The molecule has 0 aliphatic rings. The molecule has 0 unspecified atom stereocenters. The molecule has 0 fully saturated rings. The van der Waals surface area contributed by atoms with Crippen LogP contribution in [0.3, 0.4) is 0 Å². The summed E-state index contributed by atoms with van der Waals surface area (Å²) in [6.45, 7) is 2.23. The van der Waals surface area contributed by atoms with Crippen molar-refractivity contribution in [3.8, 4) is 10.8 Å². The predicted molar refractivity (Wildman–Crippen MR) is 54.6 cm³/mol. The summed E-state index contributed by atoms with van der Waals surface area (Å²) in [6.07, 6.45) is 0. The van der Waals surface area contributed by atoms with Gasteiger partial charge in [0, 0.05) is 10.8 Å². The molecule has 0 saturated carbocycles. The Bertz CT molecular complexity index is 464. The van der Waals surface area contributed by atoms with Gasteiger partial charge < -0.3 is 9.84 Å². The van der Waals surface area contributed by atoms with Crippen LogP contribution in [0.15, 0.2) is 18.2 Å². The van der Waals surface area contributed by atoms with Crippen LogP contribution in [-0.4, -0.2) is 11.7 Å². The first-order valence-electron chi connectivity index (χ1n) is 4.25. The summed E-state index contributed by atoms with van der Waals surface area (Å²) in [5, 5.41) is 10.1. The van der Waals surface area contributed by atoms with Crippen molar-refractivity contribution < 1.29 is 14.2 Å². The summed E-state index contributed by atoms with van der Waals surface area (Å²) in [7, 11) is 0. The predicted octanol–water partition coefficient (Wildman–Crippen LogP) is 3.14. The van der Waals surface area contributed by atoms with Gasteiger partial charge in [0.05, 0.1) is 6.61 Å². The van der Waals surface area contributed by atoms with Crippen molar-refractivity contribution >= 4 is 21.4 Å². The molecule has 0 atom stereocenters. The Balaban J connectivity index is 2.58. The lowest BCUT2D eigenvalue weighted by Gasteiger charge is -2.03. The number of benzene rings is 1. The Morgan fingerprint density at radius 2 is 2.21 bits per heavy atom. The highest BCUT2D eigenvalue weighted by molar-refractivity contribution is 7.20. The Hall–Kier alpha value is -1.29. The first-order chi connectivity index (χ1) is 6.70. The number of halogens is 1. The molecule has 1 aromatic heterocycles. The number of hydrogen-bond donors (Lipinski definition) is 1. The molecule has 0 spiro atoms. The topological polar surface area (TPSA) is 29.5 Å². The maximum Gasteiger partial charge on any atom is 0.172 e. The van der Waals surface area contributed by atoms with E-state index in [4.69, 9.17) is 4.74 Å². The average molecular weight is 212 g/mol. The standard InChI is InChI=1S/C10H9FO2S/c1-2-13-8-5-9-6(3-7(8)11)4-10(12)14-9/h3-5,12H,2H2,1H3. The summed E-state index contributed by atoms with van der Waals surface area (Å²) in [4.78, 5) is 0. The highest BCUT2D eigenvalue weighted by Crippen LogP contribution is 2.34. The van der Waals surface area contributed by atoms with Crippen LogP contribution in [0.1, 0.15) is 6.92 Å². The molecule has 4 heteroatoms. The van der Waals surface area contributed by atoms with Gasteiger partial charge in [-0.1, -0.05) is 11.3 Å². The van der Waals surface area contributed by atoms with Gasteiger partial charge in [0.2, 0.25) is 0 Å². The van der Waals surface area contributed by atoms with E-state index in [0.717, 1.165) is 4.70 Å². The average Bonchev–Trinajstić information content (AvgIpc) is 2.45. The summed E-state index contributed by atoms with van der Waals surface area (Å²) in [5.41, 5.74) is 0. The number of ether oxygens (including phenoxy) is 1. The van der Waals surface area contributed by atoms with Crippen LogP contribution >= 0.6 is 11.3 Å². The fraction of sp³-hybridized carbons (Fsp3) is 0.200. The van der Waals surface area contributed by atoms with Gasteiger partial charge in [-0.15, -0.1) is 0 Å². The molecule has 1 aromatic carbocycles. The quantitative estimate of drug-likeness (QED) is 0.828. The largest absolute Gasteiger partial charge is 0.499 e. The molecule has 0 amide bonds. The van der Waals surface area contributed by atoms with Gasteiger partial charge in [0.25, 0.3) is 0 Å². The second-order valence-corrected chi connectivity index (χ2v) is 3.90. The van der Waals surface area contributed by atoms with E-state index in [0.29, 0.717) is 12.0 Å². The van der Waals surface area contributed by atoms with Crippen molar-refractivity contribution in [1.29, 1.82) is 0 Å². The summed E-state index contributed by atoms with van der Waals surface area (Å²) < 4.78 is 19.2. The lowest BCUT2D eigenvalue weighted by atomic mass is 10.2. The molecule has 2 nitrogen and oxygen atoms in total. The van der Waals surface area contributed by atoms with Crippen LogP contribution in [0.5, 0.6) is 10.8 Å². The van der Waals surface area contributed by atoms with Gasteiger partial charge in [0.15, 0.2) is 16.6 Å². The molecule has 0 radical (unpaired) electrons. The lowest BCUT2D eigenvalue weighted by molar-refractivity contribution is 0.322. The van der Waals surface area contributed by atoms with Crippen LogP contribution < -0.4 is 4.74 Å². The molecule has 14 heavy (non-hydrogen) atoms. The molecular formula is C10H9FO2S. The number of rotatable bonds is 2. The maximum atomic E-state index is 13.3. The van der Waals surface area contributed by atoms with Gasteiger partial charge in [-0.2, -0.15) is 0 Å². The Morgan fingerprint density at radius 3 is 2.93 bits per heavy atom. The van der Waals surface area contributed by atoms with Gasteiger partial charge in [0.1, 0.15) is 0 Å². The fourth-order valence-electron chi connectivity index (χ4n) is 1.29. The lowest BCUT2D eigenvalue weighted by Crippen LogP contribution is -1.93. The number of hydrogen-bond acceptors (Lipinski definition) is 3. The second kappa shape index (κ2) is 3.46. The molecule has 2 rings (SSSR count). The van der Waals surface area contributed by atoms with Crippen LogP contribution in [0.25, 0.3) is 10.1 Å². The second-order valence-electron chi connectivity index (χ2n) is 2.84. The van der Waals surface area contributed by atoms with Crippen molar-refractivity contribution in [1.82, 2.24) is 0 Å². The molecule has 2 aromatic rings. The van der Waals surface area contributed by atoms with E-state index in [1.54, 1.807) is 19.1 Å². The zero-order valence-corrected chi connectivity index (χ0v) is 8.40. The van der Waals surface area contributed by atoms with Crippen molar-refractivity contribution in [2.45, 2.75) is 6.92 Å². The third-order valence-electron chi connectivity index (χ3n) is 1.86. The molecular weight excluding hydrogens is 203 g/mol. The van der Waals surface area contributed by atoms with E-state index in [1.807, 2.05) is 0 Å². The third-order valence-corrected chi connectivity index (χ3v) is 2.76. The molecule has 0 aliphatic carbocycles. The van der Waals surface area contributed by atoms with Crippen molar-refractivity contribution in [3.63, 3.8) is 0 Å². The molecule has 0 bridgehead atoms. The molecule has 1 N–H and O–H groups in total. The van der Waals surface area contributed by atoms with Gasteiger partial charge in [-0.05, 0) is 24.4 Å². The first-order valence-corrected chi connectivity index (χ1v) is 5.07. The van der Waals surface area contributed by atoms with E-state index in [-0.39, 0.29) is 10.8 Å². The molecule has 0 aliphatic heterocycles. The van der Waals surface area contributed by atoms with Gasteiger partial charge in [-0.25, -0.2) is 4.39 Å². The number of aromatic hydroxyl groups is 1. The van der Waals surface area contributed by atoms with E-state index >= 15 is 0 Å². The zero-order valence-electron chi connectivity index (χ0n) is 7.58.